The van der Waals surface area contributed by atoms with Gasteiger partial charge in [-0.3, -0.25) is 0 Å². The zero-order chi connectivity index (χ0) is 13.1. The van der Waals surface area contributed by atoms with Crippen LogP contribution in [0.15, 0.2) is 24.3 Å². The molecule has 0 heterocycles. The van der Waals surface area contributed by atoms with E-state index in [-0.39, 0.29) is 17.1 Å². The second-order valence-electron chi connectivity index (χ2n) is 4.11. The Kier molecular flexibility index (Phi) is 4.69. The molecule has 2 atom stereocenters. The summed E-state index contributed by atoms with van der Waals surface area (Å²) in [5.41, 5.74) is -0.543. The Morgan fingerprint density at radius 1 is 1.24 bits per heavy atom. The molecular formula is C12H15ClF3N. The van der Waals surface area contributed by atoms with Gasteiger partial charge in [0.25, 0.3) is 0 Å². The third-order valence-corrected chi connectivity index (χ3v) is 2.49. The minimum Gasteiger partial charge on any atom is -0.382 e. The number of hydrogen-bond donors (Lipinski definition) is 1. The van der Waals surface area contributed by atoms with Gasteiger partial charge in [0, 0.05) is 17.1 Å². The van der Waals surface area contributed by atoms with Crippen molar-refractivity contribution in [2.24, 2.45) is 0 Å². The van der Waals surface area contributed by atoms with E-state index in [9.17, 15) is 13.2 Å². The first-order chi connectivity index (χ1) is 7.80. The number of hydrogen-bond acceptors (Lipinski definition) is 1. The average molecular weight is 266 g/mol. The van der Waals surface area contributed by atoms with Gasteiger partial charge in [-0.1, -0.05) is 12.1 Å². The topological polar surface area (TPSA) is 12.0 Å². The quantitative estimate of drug-likeness (QED) is 0.789. The molecule has 0 spiro atoms. The van der Waals surface area contributed by atoms with E-state index in [0.717, 1.165) is 6.07 Å². The number of rotatable bonds is 4. The molecule has 1 aromatic carbocycles. The van der Waals surface area contributed by atoms with Crippen LogP contribution in [-0.4, -0.2) is 11.4 Å². The summed E-state index contributed by atoms with van der Waals surface area (Å²) in [6.45, 7) is 3.63. The van der Waals surface area contributed by atoms with E-state index in [4.69, 9.17) is 11.6 Å². The lowest BCUT2D eigenvalue weighted by molar-refractivity contribution is -0.137. The molecule has 0 aliphatic carbocycles. The summed E-state index contributed by atoms with van der Waals surface area (Å²) in [7, 11) is 0. The summed E-state index contributed by atoms with van der Waals surface area (Å²) in [4.78, 5) is 0. The lowest BCUT2D eigenvalue weighted by atomic mass is 10.1. The smallest absolute Gasteiger partial charge is 0.382 e. The summed E-state index contributed by atoms with van der Waals surface area (Å²) in [5.74, 6) is 0. The maximum absolute atomic E-state index is 12.7. The predicted octanol–water partition coefficient (Wildman–Crippen LogP) is 4.52. The second-order valence-corrected chi connectivity index (χ2v) is 4.85. The highest BCUT2D eigenvalue weighted by Gasteiger charge is 2.33. The third-order valence-electron chi connectivity index (χ3n) is 2.31. The number of halogens is 4. The number of para-hydroxylation sites is 1. The van der Waals surface area contributed by atoms with Crippen molar-refractivity contribution in [2.75, 3.05) is 5.32 Å². The lowest BCUT2D eigenvalue weighted by Gasteiger charge is -2.20. The van der Waals surface area contributed by atoms with Gasteiger partial charge in [-0.2, -0.15) is 13.2 Å². The fourth-order valence-electron chi connectivity index (χ4n) is 1.67. The summed E-state index contributed by atoms with van der Waals surface area (Å²) in [5, 5.41) is 2.77. The lowest BCUT2D eigenvalue weighted by Crippen LogP contribution is -2.21. The van der Waals surface area contributed by atoms with Gasteiger partial charge in [0.1, 0.15) is 0 Å². The third kappa shape index (κ3) is 4.46. The highest BCUT2D eigenvalue weighted by atomic mass is 35.5. The van der Waals surface area contributed by atoms with Gasteiger partial charge in [-0.15, -0.1) is 11.6 Å². The van der Waals surface area contributed by atoms with Gasteiger partial charge < -0.3 is 5.32 Å². The molecule has 0 aliphatic rings. The molecule has 2 unspecified atom stereocenters. The first-order valence-electron chi connectivity index (χ1n) is 5.37. The molecule has 0 fully saturated rings. The summed E-state index contributed by atoms with van der Waals surface area (Å²) < 4.78 is 38.1. The number of nitrogens with one attached hydrogen (secondary N) is 1. The molecule has 1 nitrogen and oxygen atoms in total. The maximum Gasteiger partial charge on any atom is 0.418 e. The number of benzene rings is 1. The minimum absolute atomic E-state index is 0.0736. The molecule has 0 radical (unpaired) electrons. The van der Waals surface area contributed by atoms with Crippen LogP contribution < -0.4 is 5.32 Å². The second kappa shape index (κ2) is 5.63. The van der Waals surface area contributed by atoms with Crippen molar-refractivity contribution in [1.29, 1.82) is 0 Å². The normalized spacial score (nSPS) is 15.4. The van der Waals surface area contributed by atoms with Crippen molar-refractivity contribution >= 4 is 17.3 Å². The largest absolute Gasteiger partial charge is 0.418 e. The average Bonchev–Trinajstić information content (AvgIpc) is 2.15. The van der Waals surface area contributed by atoms with E-state index in [1.165, 1.54) is 12.1 Å². The van der Waals surface area contributed by atoms with Gasteiger partial charge in [-0.05, 0) is 32.4 Å². The van der Waals surface area contributed by atoms with Crippen LogP contribution in [0.2, 0.25) is 0 Å². The molecule has 0 aliphatic heterocycles. The highest BCUT2D eigenvalue weighted by molar-refractivity contribution is 6.20. The minimum atomic E-state index is -4.34. The molecule has 5 heteroatoms. The van der Waals surface area contributed by atoms with Gasteiger partial charge in [0.2, 0.25) is 0 Å². The van der Waals surface area contributed by atoms with Gasteiger partial charge in [-0.25, -0.2) is 0 Å². The fraction of sp³-hybridized carbons (Fsp3) is 0.500. The van der Waals surface area contributed by atoms with E-state index in [0.29, 0.717) is 6.42 Å². The van der Waals surface area contributed by atoms with Crippen LogP contribution in [0.3, 0.4) is 0 Å². The van der Waals surface area contributed by atoms with Crippen LogP contribution in [-0.2, 0) is 6.18 Å². The number of alkyl halides is 4. The Balaban J connectivity index is 2.84. The zero-order valence-electron chi connectivity index (χ0n) is 9.68. The first-order valence-corrected chi connectivity index (χ1v) is 5.81. The Morgan fingerprint density at radius 3 is 2.35 bits per heavy atom. The van der Waals surface area contributed by atoms with Gasteiger partial charge >= 0.3 is 6.18 Å². The Bertz CT molecular complexity index is 363. The molecule has 0 saturated carbocycles. The van der Waals surface area contributed by atoms with Crippen LogP contribution in [0.1, 0.15) is 25.8 Å². The first kappa shape index (κ1) is 14.2. The highest BCUT2D eigenvalue weighted by Crippen LogP contribution is 2.34. The van der Waals surface area contributed by atoms with E-state index in [1.54, 1.807) is 6.07 Å². The van der Waals surface area contributed by atoms with Crippen molar-refractivity contribution in [2.45, 2.75) is 37.9 Å². The van der Waals surface area contributed by atoms with E-state index in [2.05, 4.69) is 5.32 Å². The molecule has 17 heavy (non-hydrogen) atoms. The van der Waals surface area contributed by atoms with Gasteiger partial charge in [0.05, 0.1) is 5.56 Å². The molecular weight excluding hydrogens is 251 g/mol. The number of anilines is 1. The van der Waals surface area contributed by atoms with E-state index in [1.807, 2.05) is 13.8 Å². The molecule has 0 aromatic heterocycles. The van der Waals surface area contributed by atoms with E-state index >= 15 is 0 Å². The van der Waals surface area contributed by atoms with Crippen LogP contribution >= 0.6 is 11.6 Å². The fourth-order valence-corrected chi connectivity index (χ4v) is 1.94. The molecule has 1 rings (SSSR count). The van der Waals surface area contributed by atoms with Crippen LogP contribution in [0.25, 0.3) is 0 Å². The van der Waals surface area contributed by atoms with Crippen molar-refractivity contribution < 1.29 is 13.2 Å². The van der Waals surface area contributed by atoms with Crippen molar-refractivity contribution in [1.82, 2.24) is 0 Å². The molecule has 0 bridgehead atoms. The summed E-state index contributed by atoms with van der Waals surface area (Å²) in [6, 6.07) is 5.35. The Morgan fingerprint density at radius 2 is 1.82 bits per heavy atom. The van der Waals surface area contributed by atoms with Crippen molar-refractivity contribution in [3.63, 3.8) is 0 Å². The monoisotopic (exact) mass is 265 g/mol. The Hall–Kier alpha value is -0.900. The zero-order valence-corrected chi connectivity index (χ0v) is 10.4. The standard InChI is InChI=1S/C12H15ClF3N/c1-8(13)7-9(2)17-11-6-4-3-5-10(11)12(14,15)16/h3-6,8-9,17H,7H2,1-2H3. The van der Waals surface area contributed by atoms with Crippen molar-refractivity contribution in [3.05, 3.63) is 29.8 Å². The summed E-state index contributed by atoms with van der Waals surface area (Å²) in [6.07, 6.45) is -3.73. The van der Waals surface area contributed by atoms with Crippen LogP contribution in [0.4, 0.5) is 18.9 Å². The van der Waals surface area contributed by atoms with Gasteiger partial charge in [0.15, 0.2) is 0 Å². The van der Waals surface area contributed by atoms with Crippen LogP contribution in [0, 0.1) is 0 Å². The summed E-state index contributed by atoms with van der Waals surface area (Å²) >= 11 is 5.81. The van der Waals surface area contributed by atoms with Crippen LogP contribution in [0.5, 0.6) is 0 Å². The molecule has 0 amide bonds. The SMILES string of the molecule is CC(Cl)CC(C)Nc1ccccc1C(F)(F)F. The van der Waals surface area contributed by atoms with E-state index < -0.39 is 11.7 Å². The Labute approximate surface area is 104 Å². The maximum atomic E-state index is 12.7. The molecule has 1 N–H and O–H groups in total. The van der Waals surface area contributed by atoms with Crippen molar-refractivity contribution in [3.8, 4) is 0 Å². The predicted molar refractivity (Wildman–Crippen MR) is 64.5 cm³/mol. The molecule has 1 aromatic rings. The molecule has 96 valence electrons. The molecule has 0 saturated heterocycles.